The van der Waals surface area contributed by atoms with Crippen LogP contribution in [0.25, 0.3) is 6.08 Å². The van der Waals surface area contributed by atoms with Gasteiger partial charge in [-0.25, -0.2) is 0 Å². The van der Waals surface area contributed by atoms with Crippen LogP contribution in [-0.2, 0) is 4.79 Å². The summed E-state index contributed by atoms with van der Waals surface area (Å²) >= 11 is 1.22. The molecule has 0 radical (unpaired) electrons. The summed E-state index contributed by atoms with van der Waals surface area (Å²) in [5.41, 5.74) is 0.963. The van der Waals surface area contributed by atoms with Crippen LogP contribution in [0.3, 0.4) is 0 Å². The molecule has 0 saturated heterocycles. The zero-order valence-electron chi connectivity index (χ0n) is 8.75. The molecule has 0 aliphatic rings. The lowest BCUT2D eigenvalue weighted by Crippen LogP contribution is -1.86. The SMILES string of the molecule is CC(=O)SCC=Cc1ccc([N+](=O)[O-])cc1. The zero-order chi connectivity index (χ0) is 12.0. The number of hydrogen-bond donors (Lipinski definition) is 0. The highest BCUT2D eigenvalue weighted by molar-refractivity contribution is 8.13. The molecule has 4 nitrogen and oxygen atoms in total. The van der Waals surface area contributed by atoms with Crippen LogP contribution < -0.4 is 0 Å². The molecule has 5 heteroatoms. The highest BCUT2D eigenvalue weighted by Crippen LogP contribution is 2.13. The molecule has 1 rings (SSSR count). The molecule has 1 aromatic carbocycles. The monoisotopic (exact) mass is 237 g/mol. The lowest BCUT2D eigenvalue weighted by Gasteiger charge is -1.93. The van der Waals surface area contributed by atoms with Crippen molar-refractivity contribution < 1.29 is 9.72 Å². The molecular weight excluding hydrogens is 226 g/mol. The van der Waals surface area contributed by atoms with Gasteiger partial charge in [0.15, 0.2) is 5.12 Å². The number of carbonyl (C=O) groups is 1. The van der Waals surface area contributed by atoms with Crippen LogP contribution >= 0.6 is 11.8 Å². The summed E-state index contributed by atoms with van der Waals surface area (Å²) in [4.78, 5) is 20.6. The minimum atomic E-state index is -0.431. The van der Waals surface area contributed by atoms with Gasteiger partial charge >= 0.3 is 0 Å². The number of benzene rings is 1. The Morgan fingerprint density at radius 1 is 1.44 bits per heavy atom. The Labute approximate surface area is 97.5 Å². The Morgan fingerprint density at radius 2 is 2.06 bits per heavy atom. The van der Waals surface area contributed by atoms with E-state index in [1.165, 1.54) is 30.8 Å². The molecule has 1 aromatic rings. The van der Waals surface area contributed by atoms with Crippen LogP contribution in [0.4, 0.5) is 5.69 Å². The predicted molar refractivity (Wildman–Crippen MR) is 65.3 cm³/mol. The molecule has 0 unspecified atom stereocenters. The second-order valence-corrected chi connectivity index (χ2v) is 4.25. The molecule has 84 valence electrons. The lowest BCUT2D eigenvalue weighted by molar-refractivity contribution is -0.384. The molecule has 0 saturated carbocycles. The summed E-state index contributed by atoms with van der Waals surface area (Å²) in [7, 11) is 0. The lowest BCUT2D eigenvalue weighted by atomic mass is 10.2. The minimum absolute atomic E-state index is 0.0772. The van der Waals surface area contributed by atoms with E-state index in [2.05, 4.69) is 0 Å². The van der Waals surface area contributed by atoms with Crippen molar-refractivity contribution in [2.45, 2.75) is 6.92 Å². The molecule has 0 aliphatic carbocycles. The van der Waals surface area contributed by atoms with Gasteiger partial charge in [0.1, 0.15) is 0 Å². The van der Waals surface area contributed by atoms with Crippen molar-refractivity contribution in [1.82, 2.24) is 0 Å². The first-order chi connectivity index (χ1) is 7.59. The molecular formula is C11H11NO3S. The summed E-state index contributed by atoms with van der Waals surface area (Å²) in [6, 6.07) is 6.26. The van der Waals surface area contributed by atoms with E-state index in [0.29, 0.717) is 5.75 Å². The van der Waals surface area contributed by atoms with Crippen molar-refractivity contribution in [3.63, 3.8) is 0 Å². The number of non-ortho nitro benzene ring substituents is 1. The third kappa shape index (κ3) is 4.27. The quantitative estimate of drug-likeness (QED) is 0.596. The van der Waals surface area contributed by atoms with Gasteiger partial charge in [0.25, 0.3) is 5.69 Å². The van der Waals surface area contributed by atoms with Crippen LogP contribution in [0.15, 0.2) is 30.3 Å². The molecule has 0 fully saturated rings. The van der Waals surface area contributed by atoms with E-state index >= 15 is 0 Å². The first-order valence-electron chi connectivity index (χ1n) is 4.64. The van der Waals surface area contributed by atoms with Crippen LogP contribution in [0.5, 0.6) is 0 Å². The number of nitro benzene ring substituents is 1. The third-order valence-corrected chi connectivity index (χ3v) is 2.56. The number of nitrogens with zero attached hydrogens (tertiary/aromatic N) is 1. The highest BCUT2D eigenvalue weighted by Gasteiger charge is 2.01. The molecule has 0 atom stereocenters. The Kier molecular flexibility index (Phi) is 4.72. The van der Waals surface area contributed by atoms with E-state index in [0.717, 1.165) is 5.56 Å². The van der Waals surface area contributed by atoms with Gasteiger partial charge in [0.2, 0.25) is 0 Å². The molecule has 0 spiro atoms. The van der Waals surface area contributed by atoms with Gasteiger partial charge in [-0.3, -0.25) is 14.9 Å². The summed E-state index contributed by atoms with van der Waals surface area (Å²) in [6.45, 7) is 1.52. The molecule has 0 aromatic heterocycles. The largest absolute Gasteiger partial charge is 0.288 e. The van der Waals surface area contributed by atoms with Crippen molar-refractivity contribution in [3.05, 3.63) is 46.0 Å². The van der Waals surface area contributed by atoms with E-state index in [-0.39, 0.29) is 10.8 Å². The smallest absolute Gasteiger partial charge is 0.269 e. The van der Waals surface area contributed by atoms with E-state index in [1.807, 2.05) is 12.2 Å². The van der Waals surface area contributed by atoms with Gasteiger partial charge < -0.3 is 0 Å². The Balaban J connectivity index is 2.55. The average Bonchev–Trinajstić information content (AvgIpc) is 2.25. The van der Waals surface area contributed by atoms with E-state index in [1.54, 1.807) is 12.1 Å². The predicted octanol–water partition coefficient (Wildman–Crippen LogP) is 2.89. The van der Waals surface area contributed by atoms with Gasteiger partial charge in [0.05, 0.1) is 4.92 Å². The maximum absolute atomic E-state index is 10.6. The fourth-order valence-electron chi connectivity index (χ4n) is 1.06. The van der Waals surface area contributed by atoms with Crippen molar-refractivity contribution in [3.8, 4) is 0 Å². The van der Waals surface area contributed by atoms with Crippen LogP contribution in [0.1, 0.15) is 12.5 Å². The van der Waals surface area contributed by atoms with Gasteiger partial charge in [-0.05, 0) is 17.7 Å². The standard InChI is InChI=1S/C11H11NO3S/c1-9(13)16-8-2-3-10-4-6-11(7-5-10)12(14)15/h2-7H,8H2,1H3. The number of thioether (sulfide) groups is 1. The van der Waals surface area contributed by atoms with Crippen LogP contribution in [-0.4, -0.2) is 15.8 Å². The van der Waals surface area contributed by atoms with Gasteiger partial charge in [-0.2, -0.15) is 0 Å². The van der Waals surface area contributed by atoms with Crippen molar-refractivity contribution >= 4 is 28.6 Å². The fourth-order valence-corrected chi connectivity index (χ4v) is 1.48. The Morgan fingerprint density at radius 3 is 2.56 bits per heavy atom. The van der Waals surface area contributed by atoms with Gasteiger partial charge in [0, 0.05) is 24.8 Å². The van der Waals surface area contributed by atoms with Gasteiger partial charge in [-0.1, -0.05) is 23.9 Å². The third-order valence-electron chi connectivity index (χ3n) is 1.80. The van der Waals surface area contributed by atoms with Gasteiger partial charge in [-0.15, -0.1) is 0 Å². The minimum Gasteiger partial charge on any atom is -0.288 e. The maximum Gasteiger partial charge on any atom is 0.269 e. The molecule has 16 heavy (non-hydrogen) atoms. The van der Waals surface area contributed by atoms with E-state index < -0.39 is 4.92 Å². The highest BCUT2D eigenvalue weighted by atomic mass is 32.2. The average molecular weight is 237 g/mol. The topological polar surface area (TPSA) is 60.2 Å². The maximum atomic E-state index is 10.6. The molecule has 0 bridgehead atoms. The van der Waals surface area contributed by atoms with Crippen molar-refractivity contribution in [2.24, 2.45) is 0 Å². The first-order valence-corrected chi connectivity index (χ1v) is 5.62. The second-order valence-electron chi connectivity index (χ2n) is 3.05. The number of hydrogen-bond acceptors (Lipinski definition) is 4. The summed E-state index contributed by atoms with van der Waals surface area (Å²) < 4.78 is 0. The summed E-state index contributed by atoms with van der Waals surface area (Å²) in [5, 5.41) is 10.5. The van der Waals surface area contributed by atoms with Crippen molar-refractivity contribution in [2.75, 3.05) is 5.75 Å². The van der Waals surface area contributed by atoms with E-state index in [9.17, 15) is 14.9 Å². The summed E-state index contributed by atoms with van der Waals surface area (Å²) in [5.74, 6) is 0.617. The summed E-state index contributed by atoms with van der Waals surface area (Å²) in [6.07, 6.45) is 3.69. The first kappa shape index (κ1) is 12.4. The molecule has 0 heterocycles. The normalized spacial score (nSPS) is 10.6. The zero-order valence-corrected chi connectivity index (χ0v) is 9.57. The molecule has 0 N–H and O–H groups in total. The fraction of sp³-hybridized carbons (Fsp3) is 0.182. The molecule has 0 amide bonds. The van der Waals surface area contributed by atoms with Crippen molar-refractivity contribution in [1.29, 1.82) is 0 Å². The number of rotatable bonds is 4. The Bertz CT molecular complexity index is 412. The van der Waals surface area contributed by atoms with E-state index in [4.69, 9.17) is 0 Å². The molecule has 0 aliphatic heterocycles. The number of nitro groups is 1. The van der Waals surface area contributed by atoms with Crippen LogP contribution in [0, 0.1) is 10.1 Å². The Hall–Kier alpha value is -1.62. The van der Waals surface area contributed by atoms with Crippen LogP contribution in [0.2, 0.25) is 0 Å². The second kappa shape index (κ2) is 6.07. The number of carbonyl (C=O) groups excluding carboxylic acids is 1.